The maximum absolute atomic E-state index is 5.89. The van der Waals surface area contributed by atoms with E-state index in [2.05, 4.69) is 18.0 Å². The first-order valence-electron chi connectivity index (χ1n) is 5.50. The Morgan fingerprint density at radius 1 is 1.29 bits per heavy atom. The highest BCUT2D eigenvalue weighted by Gasteiger charge is 2.19. The average Bonchev–Trinajstić information content (AvgIpc) is 2.65. The summed E-state index contributed by atoms with van der Waals surface area (Å²) in [6.07, 6.45) is 2.68. The molecule has 84 valence electrons. The van der Waals surface area contributed by atoms with Gasteiger partial charge in [-0.05, 0) is 18.9 Å². The summed E-state index contributed by atoms with van der Waals surface area (Å²) in [6.45, 7) is 8.79. The third-order valence-electron chi connectivity index (χ3n) is 2.76. The molecule has 0 aromatic rings. The maximum atomic E-state index is 5.89. The molecule has 2 nitrogen and oxygen atoms in total. The van der Waals surface area contributed by atoms with Crippen LogP contribution in [0.25, 0.3) is 0 Å². The summed E-state index contributed by atoms with van der Waals surface area (Å²) in [5.74, 6) is 0. The fourth-order valence-electron chi connectivity index (χ4n) is 1.52. The molecule has 1 fully saturated rings. The Morgan fingerprint density at radius 2 is 1.93 bits per heavy atom. The largest absolute Gasteiger partial charge is 0.366 e. The lowest BCUT2D eigenvalue weighted by atomic mass is 10.4. The molecule has 1 heterocycles. The molecule has 1 saturated heterocycles. The number of alkyl halides is 1. The van der Waals surface area contributed by atoms with Crippen molar-refractivity contribution in [1.29, 1.82) is 0 Å². The molecule has 0 N–H and O–H groups in total. The van der Waals surface area contributed by atoms with Crippen molar-refractivity contribution in [2.75, 3.05) is 31.9 Å². The first kappa shape index (κ1) is 12.5. The monoisotopic (exact) mass is 235 g/mol. The second kappa shape index (κ2) is 6.11. The first-order chi connectivity index (χ1) is 6.64. The molecule has 0 saturated carbocycles. The van der Waals surface area contributed by atoms with E-state index in [1.54, 1.807) is 0 Å². The lowest BCUT2D eigenvalue weighted by Gasteiger charge is -2.20. The molecule has 1 aliphatic rings. The minimum atomic E-state index is -1.13. The summed E-state index contributed by atoms with van der Waals surface area (Å²) in [4.78, 5) is 2.38. The van der Waals surface area contributed by atoms with Crippen molar-refractivity contribution in [3.05, 3.63) is 0 Å². The second-order valence-electron chi connectivity index (χ2n) is 4.91. The molecule has 0 atom stereocenters. The van der Waals surface area contributed by atoms with Gasteiger partial charge < -0.3 is 4.74 Å². The van der Waals surface area contributed by atoms with Crippen LogP contribution in [0, 0.1) is 0 Å². The summed E-state index contributed by atoms with van der Waals surface area (Å²) < 4.78 is 5.66. The smallest absolute Gasteiger partial charge is 0.0990 e. The molecule has 0 bridgehead atoms. The van der Waals surface area contributed by atoms with Gasteiger partial charge in [-0.3, -0.25) is 4.90 Å². The topological polar surface area (TPSA) is 12.5 Å². The van der Waals surface area contributed by atoms with Gasteiger partial charge in [-0.15, -0.1) is 11.6 Å². The van der Waals surface area contributed by atoms with Gasteiger partial charge in [-0.25, -0.2) is 0 Å². The van der Waals surface area contributed by atoms with Crippen molar-refractivity contribution in [3.63, 3.8) is 0 Å². The van der Waals surface area contributed by atoms with Gasteiger partial charge in [0, 0.05) is 25.2 Å². The van der Waals surface area contributed by atoms with E-state index in [-0.39, 0.29) is 0 Å². The molecule has 0 unspecified atom stereocenters. The van der Waals surface area contributed by atoms with Crippen LogP contribution in [0.1, 0.15) is 12.8 Å². The van der Waals surface area contributed by atoms with Gasteiger partial charge in [-0.2, -0.15) is 0 Å². The maximum Gasteiger partial charge on any atom is 0.0990 e. The lowest BCUT2D eigenvalue weighted by molar-refractivity contribution is 0.0492. The van der Waals surface area contributed by atoms with Gasteiger partial charge in [0.2, 0.25) is 0 Å². The Bertz CT molecular complexity index is 160. The molecule has 0 spiro atoms. The van der Waals surface area contributed by atoms with Crippen LogP contribution in [0.5, 0.6) is 0 Å². The minimum Gasteiger partial charge on any atom is -0.366 e. The van der Waals surface area contributed by atoms with E-state index in [1.807, 2.05) is 0 Å². The third-order valence-corrected chi connectivity index (χ3v) is 7.21. The zero-order valence-corrected chi connectivity index (χ0v) is 11.1. The number of ether oxygens (including phenoxy) is 1. The van der Waals surface area contributed by atoms with Crippen molar-refractivity contribution in [1.82, 2.24) is 4.90 Å². The average molecular weight is 236 g/mol. The summed E-state index contributed by atoms with van der Waals surface area (Å²) >= 11 is 5.89. The molecular weight excluding hydrogens is 214 g/mol. The molecule has 1 rings (SSSR count). The summed E-state index contributed by atoms with van der Waals surface area (Å²) in [5.41, 5.74) is 0.847. The Hall–Kier alpha value is 0.427. The Morgan fingerprint density at radius 3 is 2.50 bits per heavy atom. The van der Waals surface area contributed by atoms with Crippen molar-refractivity contribution in [2.45, 2.75) is 32.0 Å². The van der Waals surface area contributed by atoms with Gasteiger partial charge in [0.15, 0.2) is 0 Å². The van der Waals surface area contributed by atoms with Crippen molar-refractivity contribution in [2.24, 2.45) is 0 Å². The molecule has 0 radical (unpaired) electrons. The number of nitrogens with zero attached hydrogens (tertiary/aromatic N) is 1. The van der Waals surface area contributed by atoms with E-state index in [0.717, 1.165) is 18.8 Å². The molecule has 0 aromatic carbocycles. The molecule has 0 aromatic heterocycles. The zero-order valence-electron chi connectivity index (χ0n) is 9.39. The Labute approximate surface area is 93.6 Å². The van der Waals surface area contributed by atoms with Crippen LogP contribution >= 0.6 is 11.6 Å². The first-order valence-corrected chi connectivity index (χ1v) is 9.45. The normalized spacial score (nSPS) is 19.1. The van der Waals surface area contributed by atoms with Gasteiger partial charge in [0.1, 0.15) is 0 Å². The SMILES string of the molecule is C[Si](C)(CCl)CCOCN1CCCC1. The lowest BCUT2D eigenvalue weighted by Crippen LogP contribution is -2.31. The molecule has 0 aliphatic carbocycles. The molecule has 4 heteroatoms. The number of hydrogen-bond acceptors (Lipinski definition) is 2. The van der Waals surface area contributed by atoms with Crippen molar-refractivity contribution >= 4 is 19.7 Å². The van der Waals surface area contributed by atoms with Crippen LogP contribution in [-0.4, -0.2) is 44.9 Å². The number of hydrogen-bond donors (Lipinski definition) is 0. The van der Waals surface area contributed by atoms with Crippen LogP contribution in [0.4, 0.5) is 0 Å². The van der Waals surface area contributed by atoms with E-state index in [1.165, 1.54) is 32.0 Å². The van der Waals surface area contributed by atoms with Crippen LogP contribution in [0.15, 0.2) is 0 Å². The van der Waals surface area contributed by atoms with Gasteiger partial charge >= 0.3 is 0 Å². The Kier molecular flexibility index (Phi) is 5.45. The Balaban J connectivity index is 1.98. The van der Waals surface area contributed by atoms with E-state index in [4.69, 9.17) is 16.3 Å². The van der Waals surface area contributed by atoms with Gasteiger partial charge in [0.05, 0.1) is 14.8 Å². The minimum absolute atomic E-state index is 0.826. The van der Waals surface area contributed by atoms with Crippen molar-refractivity contribution in [3.8, 4) is 0 Å². The predicted octanol–water partition coefficient (Wildman–Crippen LogP) is 2.54. The number of halogens is 1. The zero-order chi connectivity index (χ0) is 10.4. The van der Waals surface area contributed by atoms with Gasteiger partial charge in [-0.1, -0.05) is 13.1 Å². The van der Waals surface area contributed by atoms with E-state index < -0.39 is 8.07 Å². The van der Waals surface area contributed by atoms with E-state index in [9.17, 15) is 0 Å². The number of rotatable bonds is 6. The predicted molar refractivity (Wildman–Crippen MR) is 64.6 cm³/mol. The molecule has 1 aliphatic heterocycles. The summed E-state index contributed by atoms with van der Waals surface area (Å²) in [7, 11) is -1.13. The highest BCUT2D eigenvalue weighted by Crippen LogP contribution is 2.12. The second-order valence-corrected chi connectivity index (χ2v) is 10.8. The molecule has 0 amide bonds. The van der Waals surface area contributed by atoms with Crippen molar-refractivity contribution < 1.29 is 4.74 Å². The fraction of sp³-hybridized carbons (Fsp3) is 1.00. The molecular formula is C10H22ClNOSi. The van der Waals surface area contributed by atoms with Crippen LogP contribution in [0.3, 0.4) is 0 Å². The number of likely N-dealkylation sites (tertiary alicyclic amines) is 1. The summed E-state index contributed by atoms with van der Waals surface area (Å²) in [5, 5.41) is 0. The van der Waals surface area contributed by atoms with Crippen LogP contribution in [0.2, 0.25) is 19.1 Å². The highest BCUT2D eigenvalue weighted by molar-refractivity contribution is 6.83. The van der Waals surface area contributed by atoms with Crippen LogP contribution < -0.4 is 0 Å². The van der Waals surface area contributed by atoms with E-state index in [0.29, 0.717) is 0 Å². The van der Waals surface area contributed by atoms with Crippen LogP contribution in [-0.2, 0) is 4.74 Å². The highest BCUT2D eigenvalue weighted by atomic mass is 35.5. The van der Waals surface area contributed by atoms with E-state index >= 15 is 0 Å². The third kappa shape index (κ3) is 4.78. The fourth-order valence-corrected chi connectivity index (χ4v) is 2.75. The quantitative estimate of drug-likeness (QED) is 0.399. The summed E-state index contributed by atoms with van der Waals surface area (Å²) in [6, 6.07) is 1.18. The standard InChI is InChI=1S/C10H22ClNOSi/c1-14(2,9-11)8-7-13-10-12-5-3-4-6-12/h3-10H2,1-2H3. The molecule has 14 heavy (non-hydrogen) atoms. The van der Waals surface area contributed by atoms with Gasteiger partial charge in [0.25, 0.3) is 0 Å².